The van der Waals surface area contributed by atoms with E-state index in [0.717, 1.165) is 44.2 Å². The van der Waals surface area contributed by atoms with Crippen molar-refractivity contribution in [2.24, 2.45) is 11.1 Å². The first-order valence-corrected chi connectivity index (χ1v) is 5.30. The molecule has 96 valence electrons. The van der Waals surface area contributed by atoms with E-state index in [-0.39, 0.29) is 12.4 Å². The number of hydrogen-bond acceptors (Lipinski definition) is 5. The van der Waals surface area contributed by atoms with Gasteiger partial charge in [0.05, 0.1) is 5.71 Å². The van der Waals surface area contributed by atoms with Gasteiger partial charge in [-0.1, -0.05) is 5.16 Å². The Kier molecular flexibility index (Phi) is 13.8. The molecule has 5 nitrogen and oxygen atoms in total. The van der Waals surface area contributed by atoms with Gasteiger partial charge >= 0.3 is 0 Å². The number of ketones is 1. The van der Waals surface area contributed by atoms with Gasteiger partial charge in [-0.15, -0.1) is 12.4 Å². The van der Waals surface area contributed by atoms with Crippen LogP contribution in [0.1, 0.15) is 51.4 Å². The quantitative estimate of drug-likeness (QED) is 0.455. The van der Waals surface area contributed by atoms with Crippen LogP contribution in [0.4, 0.5) is 0 Å². The maximum absolute atomic E-state index is 10.2. The Labute approximate surface area is 102 Å². The van der Waals surface area contributed by atoms with E-state index in [1.807, 2.05) is 0 Å². The van der Waals surface area contributed by atoms with E-state index in [2.05, 4.69) is 11.1 Å². The molecule has 0 spiro atoms. The van der Waals surface area contributed by atoms with Crippen molar-refractivity contribution >= 4 is 23.9 Å². The van der Waals surface area contributed by atoms with Crippen LogP contribution in [-0.2, 0) is 4.79 Å². The van der Waals surface area contributed by atoms with Crippen LogP contribution in [0.15, 0.2) is 5.16 Å². The molecule has 0 bridgehead atoms. The normalized spacial score (nSPS) is 17.6. The minimum Gasteiger partial charge on any atom is -0.411 e. The summed E-state index contributed by atoms with van der Waals surface area (Å²) in [5.41, 5.74) is 0.972. The second-order valence-corrected chi connectivity index (χ2v) is 3.62. The number of oxime groups is 1. The van der Waals surface area contributed by atoms with Crippen LogP contribution in [0.3, 0.4) is 0 Å². The fourth-order valence-corrected chi connectivity index (χ4v) is 1.65. The second kappa shape index (κ2) is 12.4. The number of carbonyl (C=O) groups excluding carboxylic acids is 1. The van der Waals surface area contributed by atoms with Crippen molar-refractivity contribution in [2.45, 2.75) is 51.4 Å². The highest BCUT2D eigenvalue weighted by Crippen LogP contribution is 2.13. The van der Waals surface area contributed by atoms with Gasteiger partial charge in [0.2, 0.25) is 0 Å². The van der Waals surface area contributed by atoms with Crippen molar-refractivity contribution in [2.75, 3.05) is 0 Å². The lowest BCUT2D eigenvalue weighted by atomic mass is 10.3. The van der Waals surface area contributed by atoms with Gasteiger partial charge in [-0.2, -0.15) is 0 Å². The summed E-state index contributed by atoms with van der Waals surface area (Å²) < 4.78 is 0. The zero-order chi connectivity index (χ0) is 11.5. The van der Waals surface area contributed by atoms with E-state index < -0.39 is 0 Å². The molecule has 0 heterocycles. The minimum atomic E-state index is 0. The van der Waals surface area contributed by atoms with Crippen molar-refractivity contribution in [3.63, 3.8) is 0 Å². The van der Waals surface area contributed by atoms with Gasteiger partial charge in [0.15, 0.2) is 0 Å². The molecule has 2 rings (SSSR count). The number of nitrogens with zero attached hydrogens (tertiary/aromatic N) is 1. The van der Waals surface area contributed by atoms with Gasteiger partial charge in [0.1, 0.15) is 5.78 Å². The summed E-state index contributed by atoms with van der Waals surface area (Å²) in [6, 6.07) is 0. The van der Waals surface area contributed by atoms with Crippen LogP contribution in [0.25, 0.3) is 0 Å². The monoisotopic (exact) mass is 252 g/mol. The number of hydrogen-bond donors (Lipinski definition) is 3. The van der Waals surface area contributed by atoms with Crippen molar-refractivity contribution in [3.8, 4) is 0 Å². The van der Waals surface area contributed by atoms with E-state index in [0.29, 0.717) is 5.78 Å². The Morgan fingerprint density at radius 2 is 1.31 bits per heavy atom. The molecule has 0 radical (unpaired) electrons. The van der Waals surface area contributed by atoms with E-state index in [1.165, 1.54) is 12.8 Å². The summed E-state index contributed by atoms with van der Waals surface area (Å²) in [5.74, 6) is 3.95. The average Bonchev–Trinajstić information content (AvgIpc) is 2.93. The van der Waals surface area contributed by atoms with Crippen LogP contribution < -0.4 is 5.90 Å². The third-order valence-corrected chi connectivity index (χ3v) is 2.48. The van der Waals surface area contributed by atoms with Crippen molar-refractivity contribution < 1.29 is 15.2 Å². The zero-order valence-corrected chi connectivity index (χ0v) is 10.2. The van der Waals surface area contributed by atoms with Crippen molar-refractivity contribution in [1.82, 2.24) is 0 Å². The number of Topliss-reactive ketones (excluding diaryl/α,β-unsaturated/α-hetero) is 1. The molecule has 0 amide bonds. The van der Waals surface area contributed by atoms with Gasteiger partial charge in [-0.05, 0) is 38.5 Å². The number of halogens is 1. The highest BCUT2D eigenvalue weighted by Gasteiger charge is 2.07. The maximum atomic E-state index is 10.2. The molecular formula is C10H21ClN2O3. The van der Waals surface area contributed by atoms with Crippen LogP contribution in [-0.4, -0.2) is 21.9 Å². The number of carbonyl (C=O) groups is 1. The highest BCUT2D eigenvalue weighted by atomic mass is 35.5. The molecule has 0 saturated heterocycles. The molecule has 4 N–H and O–H groups in total. The SMILES string of the molecule is Cl.NO.O=C1CCCC1.ON=C1CCCC1. The van der Waals surface area contributed by atoms with Crippen molar-refractivity contribution in [3.05, 3.63) is 0 Å². The Morgan fingerprint density at radius 3 is 1.50 bits per heavy atom. The van der Waals surface area contributed by atoms with E-state index in [4.69, 9.17) is 10.4 Å². The van der Waals surface area contributed by atoms with Gasteiger partial charge in [0.25, 0.3) is 0 Å². The first-order valence-electron chi connectivity index (χ1n) is 5.30. The fourth-order valence-electron chi connectivity index (χ4n) is 1.65. The molecule has 2 aliphatic carbocycles. The maximum Gasteiger partial charge on any atom is 0.132 e. The van der Waals surface area contributed by atoms with E-state index in [1.54, 1.807) is 0 Å². The average molecular weight is 253 g/mol. The summed E-state index contributed by atoms with van der Waals surface area (Å²) in [4.78, 5) is 10.2. The lowest BCUT2D eigenvalue weighted by molar-refractivity contribution is -0.117. The number of rotatable bonds is 0. The Morgan fingerprint density at radius 1 is 0.938 bits per heavy atom. The second-order valence-electron chi connectivity index (χ2n) is 3.62. The summed E-state index contributed by atoms with van der Waals surface area (Å²) >= 11 is 0. The fraction of sp³-hybridized carbons (Fsp3) is 0.800. The minimum absolute atomic E-state index is 0. The molecule has 0 unspecified atom stereocenters. The van der Waals surface area contributed by atoms with Crippen molar-refractivity contribution in [1.29, 1.82) is 0 Å². The first-order chi connectivity index (χ1) is 7.33. The largest absolute Gasteiger partial charge is 0.411 e. The molecule has 2 aliphatic rings. The Bertz CT molecular complexity index is 194. The molecule has 6 heteroatoms. The zero-order valence-electron chi connectivity index (χ0n) is 9.39. The molecule has 16 heavy (non-hydrogen) atoms. The van der Waals surface area contributed by atoms with Crippen LogP contribution in [0, 0.1) is 0 Å². The van der Waals surface area contributed by atoms with Gasteiger partial charge < -0.3 is 10.4 Å². The molecule has 0 aromatic carbocycles. The highest BCUT2D eigenvalue weighted by molar-refractivity contribution is 5.85. The molecule has 0 atom stereocenters. The summed E-state index contributed by atoms with van der Waals surface area (Å²) in [6.45, 7) is 0. The molecule has 0 aromatic rings. The first kappa shape index (κ1) is 17.7. The summed E-state index contributed by atoms with van der Waals surface area (Å²) in [5, 5.41) is 17.8. The summed E-state index contributed by atoms with van der Waals surface area (Å²) in [7, 11) is 0. The lowest BCUT2D eigenvalue weighted by Crippen LogP contribution is -1.85. The predicted molar refractivity (Wildman–Crippen MR) is 64.4 cm³/mol. The van der Waals surface area contributed by atoms with Crippen LogP contribution >= 0.6 is 12.4 Å². The predicted octanol–water partition coefficient (Wildman–Crippen LogP) is 2.28. The topological polar surface area (TPSA) is 95.9 Å². The standard InChI is InChI=1S/C5H9NO.C5H8O.ClH.H3NO/c7-6-5-3-1-2-4-5;6-5-3-1-2-4-5;;1-2/h7H,1-4H2;1-4H2;1H;2H,1H2. The smallest absolute Gasteiger partial charge is 0.132 e. The molecule has 0 aliphatic heterocycles. The van der Waals surface area contributed by atoms with Crippen LogP contribution in [0.5, 0.6) is 0 Å². The Hall–Kier alpha value is -0.650. The number of nitrogens with two attached hydrogens (primary N) is 1. The molecule has 2 fully saturated rings. The third kappa shape index (κ3) is 8.64. The van der Waals surface area contributed by atoms with Gasteiger partial charge in [-0.25, -0.2) is 5.90 Å². The van der Waals surface area contributed by atoms with Gasteiger partial charge in [-0.3, -0.25) is 4.79 Å². The van der Waals surface area contributed by atoms with Crippen LogP contribution in [0.2, 0.25) is 0 Å². The van der Waals surface area contributed by atoms with Gasteiger partial charge in [0, 0.05) is 12.8 Å². The molecule has 0 aromatic heterocycles. The summed E-state index contributed by atoms with van der Waals surface area (Å²) in [6.07, 6.45) is 8.41. The molecule has 2 saturated carbocycles. The third-order valence-electron chi connectivity index (χ3n) is 2.48. The van der Waals surface area contributed by atoms with E-state index >= 15 is 0 Å². The lowest BCUT2D eigenvalue weighted by Gasteiger charge is -1.82. The molecular weight excluding hydrogens is 232 g/mol. The van der Waals surface area contributed by atoms with E-state index in [9.17, 15) is 4.79 Å². The Balaban J connectivity index is 0.